The molecule has 4 aromatic rings. The number of anilines is 2. The minimum atomic E-state index is -3.23. The van der Waals surface area contributed by atoms with Gasteiger partial charge in [0.05, 0.1) is 27.9 Å². The second-order valence-electron chi connectivity index (χ2n) is 5.51. The Balaban J connectivity index is 1.76. The lowest BCUT2D eigenvalue weighted by Gasteiger charge is -2.06. The molecule has 1 aromatic carbocycles. The quantitative estimate of drug-likeness (QED) is 0.582. The van der Waals surface area contributed by atoms with Gasteiger partial charge < -0.3 is 10.3 Å². The summed E-state index contributed by atoms with van der Waals surface area (Å²) in [5.41, 5.74) is 2.22. The van der Waals surface area contributed by atoms with E-state index in [9.17, 15) is 8.42 Å². The third-order valence-electron chi connectivity index (χ3n) is 3.74. The fraction of sp³-hybridized carbons (Fsp3) is 0.0625. The molecule has 3 heterocycles. The lowest BCUT2D eigenvalue weighted by atomic mass is 10.3. The lowest BCUT2D eigenvalue weighted by Crippen LogP contribution is -2.01. The van der Waals surface area contributed by atoms with E-state index in [1.807, 2.05) is 18.5 Å². The van der Waals surface area contributed by atoms with Crippen LogP contribution in [-0.4, -0.2) is 39.4 Å². The Kier molecular flexibility index (Phi) is 3.50. The molecular formula is C16H14N6O2S. The molecule has 0 bridgehead atoms. The van der Waals surface area contributed by atoms with Crippen molar-refractivity contribution in [2.45, 2.75) is 4.90 Å². The van der Waals surface area contributed by atoms with E-state index in [0.717, 1.165) is 11.1 Å². The molecular weight excluding hydrogens is 340 g/mol. The monoisotopic (exact) mass is 354 g/mol. The first-order valence-corrected chi connectivity index (χ1v) is 9.30. The van der Waals surface area contributed by atoms with Crippen LogP contribution < -0.4 is 5.32 Å². The number of nitrogens with zero attached hydrogens (tertiary/aromatic N) is 4. The van der Waals surface area contributed by atoms with Crippen molar-refractivity contribution in [3.63, 3.8) is 0 Å². The molecule has 0 atom stereocenters. The van der Waals surface area contributed by atoms with Crippen LogP contribution in [0.5, 0.6) is 0 Å². The van der Waals surface area contributed by atoms with Gasteiger partial charge in [0, 0.05) is 18.6 Å². The van der Waals surface area contributed by atoms with Crippen LogP contribution in [0.2, 0.25) is 0 Å². The number of nitrogens with one attached hydrogen (secondary N) is 2. The summed E-state index contributed by atoms with van der Waals surface area (Å²) in [4.78, 5) is 11.8. The number of hydrogen-bond acceptors (Lipinski definition) is 6. The first kappa shape index (κ1) is 15.3. The zero-order valence-corrected chi connectivity index (χ0v) is 14.0. The van der Waals surface area contributed by atoms with Crippen molar-refractivity contribution in [3.05, 3.63) is 55.2 Å². The highest BCUT2D eigenvalue weighted by atomic mass is 32.2. The van der Waals surface area contributed by atoms with Gasteiger partial charge in [0.1, 0.15) is 12.1 Å². The van der Waals surface area contributed by atoms with Gasteiger partial charge in [0.2, 0.25) is 0 Å². The van der Waals surface area contributed by atoms with Crippen molar-refractivity contribution in [2.24, 2.45) is 0 Å². The summed E-state index contributed by atoms with van der Waals surface area (Å²) in [5.74, 6) is 0.642. The summed E-state index contributed by atoms with van der Waals surface area (Å²) in [6.07, 6.45) is 7.95. The van der Waals surface area contributed by atoms with Crippen LogP contribution in [0.4, 0.5) is 11.5 Å². The summed E-state index contributed by atoms with van der Waals surface area (Å²) in [6.45, 7) is 0. The van der Waals surface area contributed by atoms with Crippen molar-refractivity contribution < 1.29 is 8.42 Å². The third kappa shape index (κ3) is 2.85. The van der Waals surface area contributed by atoms with Crippen molar-refractivity contribution in [1.29, 1.82) is 0 Å². The molecule has 0 unspecified atom stereocenters. The fourth-order valence-electron chi connectivity index (χ4n) is 2.51. The van der Waals surface area contributed by atoms with E-state index < -0.39 is 9.84 Å². The van der Waals surface area contributed by atoms with Gasteiger partial charge in [0.15, 0.2) is 15.5 Å². The van der Waals surface area contributed by atoms with E-state index >= 15 is 0 Å². The molecule has 126 valence electrons. The number of benzene rings is 1. The minimum Gasteiger partial charge on any atom is -0.366 e. The predicted molar refractivity (Wildman–Crippen MR) is 93.8 cm³/mol. The molecule has 3 aromatic heterocycles. The number of H-pyrrole nitrogens is 1. The first-order chi connectivity index (χ1) is 12.0. The van der Waals surface area contributed by atoms with Gasteiger partial charge in [-0.2, -0.15) is 5.10 Å². The zero-order chi connectivity index (χ0) is 17.4. The lowest BCUT2D eigenvalue weighted by molar-refractivity contribution is 0.602. The molecule has 8 nitrogen and oxygen atoms in total. The summed E-state index contributed by atoms with van der Waals surface area (Å²) in [7, 11) is -3.23. The summed E-state index contributed by atoms with van der Waals surface area (Å²) < 4.78 is 24.8. The molecule has 0 aliphatic heterocycles. The highest BCUT2D eigenvalue weighted by Gasteiger charge is 2.13. The number of fused-ring (bicyclic) bond motifs is 1. The maximum Gasteiger partial charge on any atom is 0.175 e. The molecule has 0 saturated heterocycles. The standard InChI is InChI=1S/C16H14N6O2S/c1-25(23,24)13-4-2-12(3-5-13)22-16-14(9-20-22)15(18-10-19-16)21-11-6-7-17-8-11/h2-10,17H,1H3,(H,18,19,21). The highest BCUT2D eigenvalue weighted by molar-refractivity contribution is 7.90. The van der Waals surface area contributed by atoms with Gasteiger partial charge in [0.25, 0.3) is 0 Å². The van der Waals surface area contributed by atoms with Gasteiger partial charge in [-0.3, -0.25) is 0 Å². The van der Waals surface area contributed by atoms with Gasteiger partial charge in [-0.1, -0.05) is 0 Å². The number of rotatable bonds is 4. The molecule has 0 fully saturated rings. The number of aromatic amines is 1. The molecule has 0 spiro atoms. The smallest absolute Gasteiger partial charge is 0.175 e. The van der Waals surface area contributed by atoms with Crippen molar-refractivity contribution >= 4 is 32.4 Å². The van der Waals surface area contributed by atoms with E-state index in [2.05, 4.69) is 25.4 Å². The van der Waals surface area contributed by atoms with E-state index in [1.54, 1.807) is 35.1 Å². The van der Waals surface area contributed by atoms with Crippen molar-refractivity contribution in [3.8, 4) is 5.69 Å². The number of hydrogen-bond donors (Lipinski definition) is 2. The summed E-state index contributed by atoms with van der Waals surface area (Å²) in [5, 5.41) is 8.33. The molecule has 2 N–H and O–H groups in total. The molecule has 9 heteroatoms. The predicted octanol–water partition coefficient (Wildman–Crippen LogP) is 2.29. The normalized spacial score (nSPS) is 11.7. The SMILES string of the molecule is CS(=O)(=O)c1ccc(-n2ncc3c(Nc4cc[nH]c4)ncnc32)cc1. The van der Waals surface area contributed by atoms with E-state index in [-0.39, 0.29) is 4.90 Å². The zero-order valence-electron chi connectivity index (χ0n) is 13.2. The molecule has 0 aliphatic rings. The van der Waals surface area contributed by atoms with Crippen LogP contribution in [0, 0.1) is 0 Å². The molecule has 0 amide bonds. The molecule has 4 rings (SSSR count). The second-order valence-corrected chi connectivity index (χ2v) is 7.52. The van der Waals surface area contributed by atoms with Gasteiger partial charge in [-0.15, -0.1) is 0 Å². The van der Waals surface area contributed by atoms with Crippen LogP contribution >= 0.6 is 0 Å². The van der Waals surface area contributed by atoms with E-state index in [0.29, 0.717) is 17.2 Å². The molecule has 0 radical (unpaired) electrons. The van der Waals surface area contributed by atoms with Gasteiger partial charge in [-0.25, -0.2) is 23.1 Å². The first-order valence-electron chi connectivity index (χ1n) is 7.41. The van der Waals surface area contributed by atoms with Crippen LogP contribution in [0.25, 0.3) is 16.7 Å². The largest absolute Gasteiger partial charge is 0.366 e. The summed E-state index contributed by atoms with van der Waals surface area (Å²) in [6, 6.07) is 8.40. The number of aromatic nitrogens is 5. The average Bonchev–Trinajstić information content (AvgIpc) is 3.24. The van der Waals surface area contributed by atoms with Crippen LogP contribution in [0.15, 0.2) is 60.1 Å². The molecule has 25 heavy (non-hydrogen) atoms. The van der Waals surface area contributed by atoms with E-state index in [1.165, 1.54) is 12.6 Å². The number of sulfone groups is 1. The van der Waals surface area contributed by atoms with Gasteiger partial charge >= 0.3 is 0 Å². The average molecular weight is 354 g/mol. The Morgan fingerprint density at radius 1 is 1.12 bits per heavy atom. The Hall–Kier alpha value is -3.20. The van der Waals surface area contributed by atoms with Crippen LogP contribution in [0.3, 0.4) is 0 Å². The fourth-order valence-corrected chi connectivity index (χ4v) is 3.14. The third-order valence-corrected chi connectivity index (χ3v) is 4.86. The Labute approximate surface area is 143 Å². The van der Waals surface area contributed by atoms with Crippen molar-refractivity contribution in [2.75, 3.05) is 11.6 Å². The second kappa shape index (κ2) is 5.71. The maximum absolute atomic E-state index is 11.6. The molecule has 0 saturated carbocycles. The van der Waals surface area contributed by atoms with Gasteiger partial charge in [-0.05, 0) is 30.3 Å². The molecule has 0 aliphatic carbocycles. The van der Waals surface area contributed by atoms with E-state index in [4.69, 9.17) is 0 Å². The maximum atomic E-state index is 11.6. The van der Waals surface area contributed by atoms with Crippen LogP contribution in [-0.2, 0) is 9.84 Å². The Bertz CT molecular complexity index is 1130. The van der Waals surface area contributed by atoms with Crippen LogP contribution in [0.1, 0.15) is 0 Å². The van der Waals surface area contributed by atoms with Crippen molar-refractivity contribution in [1.82, 2.24) is 24.7 Å². The summed E-state index contributed by atoms with van der Waals surface area (Å²) >= 11 is 0. The Morgan fingerprint density at radius 3 is 2.60 bits per heavy atom. The topological polar surface area (TPSA) is 106 Å². The minimum absolute atomic E-state index is 0.261. The highest BCUT2D eigenvalue weighted by Crippen LogP contribution is 2.24. The Morgan fingerprint density at radius 2 is 1.92 bits per heavy atom.